The molecule has 6 nitrogen and oxygen atoms in total. The van der Waals surface area contributed by atoms with Gasteiger partial charge in [-0.3, -0.25) is 14.9 Å². The van der Waals surface area contributed by atoms with Crippen LogP contribution in [0, 0.1) is 10.1 Å². The van der Waals surface area contributed by atoms with Gasteiger partial charge >= 0.3 is 24.1 Å². The summed E-state index contributed by atoms with van der Waals surface area (Å²) in [5.74, 6) is -1.96. The Bertz CT molecular complexity index is 600. The highest BCUT2D eigenvalue weighted by atomic mass is 35.5. The fraction of sp³-hybridized carbons (Fsp3) is 0.250. The standard InChI is InChI=1S/C8HClF6N2O4/c9-5(18)2-1-16-6(21-8(13,14)15)4(17(19)20)3(2)7(10,11)12/h1H. The number of pyridine rings is 1. The van der Waals surface area contributed by atoms with Crippen LogP contribution in [0.1, 0.15) is 15.9 Å². The van der Waals surface area contributed by atoms with Gasteiger partial charge in [-0.25, -0.2) is 4.98 Å². The summed E-state index contributed by atoms with van der Waals surface area (Å²) < 4.78 is 77.4. The number of nitrogens with zero attached hydrogens (tertiary/aromatic N) is 2. The van der Waals surface area contributed by atoms with E-state index in [0.717, 1.165) is 0 Å². The summed E-state index contributed by atoms with van der Waals surface area (Å²) in [6.45, 7) is 0. The first-order chi connectivity index (χ1) is 9.34. The molecule has 0 radical (unpaired) electrons. The van der Waals surface area contributed by atoms with Gasteiger partial charge in [-0.05, 0) is 11.6 Å². The molecule has 0 bridgehead atoms. The molecule has 0 fully saturated rings. The second kappa shape index (κ2) is 5.35. The summed E-state index contributed by atoms with van der Waals surface area (Å²) in [5.41, 5.74) is -5.90. The van der Waals surface area contributed by atoms with Gasteiger partial charge in [0.1, 0.15) is 0 Å². The normalized spacial score (nSPS) is 12.1. The van der Waals surface area contributed by atoms with Crippen LogP contribution in [0.25, 0.3) is 0 Å². The summed E-state index contributed by atoms with van der Waals surface area (Å²) in [4.78, 5) is 22.3. The number of nitro groups is 1. The number of alkyl halides is 6. The molecule has 13 heteroatoms. The van der Waals surface area contributed by atoms with E-state index in [1.54, 1.807) is 0 Å². The van der Waals surface area contributed by atoms with Crippen molar-refractivity contribution in [3.63, 3.8) is 0 Å². The van der Waals surface area contributed by atoms with Crippen LogP contribution >= 0.6 is 11.6 Å². The minimum atomic E-state index is -5.53. The van der Waals surface area contributed by atoms with Crippen molar-refractivity contribution >= 4 is 22.5 Å². The zero-order valence-electron chi connectivity index (χ0n) is 9.25. The van der Waals surface area contributed by atoms with Crippen LogP contribution in [-0.4, -0.2) is 21.5 Å². The molecule has 0 saturated carbocycles. The molecule has 1 aromatic rings. The van der Waals surface area contributed by atoms with Crippen molar-refractivity contribution in [3.8, 4) is 5.88 Å². The lowest BCUT2D eigenvalue weighted by atomic mass is 10.1. The minimum absolute atomic E-state index is 0.00618. The summed E-state index contributed by atoms with van der Waals surface area (Å²) >= 11 is 4.81. The maximum atomic E-state index is 12.8. The van der Waals surface area contributed by atoms with Gasteiger partial charge in [-0.15, -0.1) is 13.2 Å². The molecule has 0 unspecified atom stereocenters. The van der Waals surface area contributed by atoms with Crippen LogP contribution in [-0.2, 0) is 6.18 Å². The molecular weight excluding hydrogens is 338 g/mol. The molecule has 1 aromatic heterocycles. The van der Waals surface area contributed by atoms with Crippen molar-refractivity contribution in [2.24, 2.45) is 0 Å². The Morgan fingerprint density at radius 3 is 2.14 bits per heavy atom. The van der Waals surface area contributed by atoms with Crippen molar-refractivity contribution in [1.82, 2.24) is 4.98 Å². The van der Waals surface area contributed by atoms with Gasteiger partial charge in [0.2, 0.25) is 0 Å². The van der Waals surface area contributed by atoms with E-state index < -0.39 is 45.4 Å². The molecule has 0 aliphatic rings. The molecule has 1 heterocycles. The third kappa shape index (κ3) is 3.93. The van der Waals surface area contributed by atoms with Crippen LogP contribution in [0.15, 0.2) is 6.20 Å². The Morgan fingerprint density at radius 2 is 1.81 bits per heavy atom. The lowest BCUT2D eigenvalue weighted by Gasteiger charge is -2.14. The molecule has 1 rings (SSSR count). The van der Waals surface area contributed by atoms with E-state index >= 15 is 0 Å². The number of hydrogen-bond acceptors (Lipinski definition) is 5. The minimum Gasteiger partial charge on any atom is -0.381 e. The van der Waals surface area contributed by atoms with Crippen LogP contribution in [0.5, 0.6) is 5.88 Å². The summed E-state index contributed by atoms with van der Waals surface area (Å²) in [7, 11) is 0. The van der Waals surface area contributed by atoms with E-state index in [1.165, 1.54) is 0 Å². The zero-order chi connectivity index (χ0) is 16.6. The monoisotopic (exact) mass is 338 g/mol. The number of carbonyl (C=O) groups is 1. The smallest absolute Gasteiger partial charge is 0.381 e. The van der Waals surface area contributed by atoms with Crippen LogP contribution in [0.3, 0.4) is 0 Å². The topological polar surface area (TPSA) is 82.3 Å². The van der Waals surface area contributed by atoms with Crippen molar-refractivity contribution in [2.45, 2.75) is 12.5 Å². The average Bonchev–Trinajstić information content (AvgIpc) is 2.23. The first-order valence-electron chi connectivity index (χ1n) is 4.54. The maximum absolute atomic E-state index is 12.8. The van der Waals surface area contributed by atoms with Crippen molar-refractivity contribution < 1.29 is 40.8 Å². The van der Waals surface area contributed by atoms with E-state index in [1.807, 2.05) is 0 Å². The lowest BCUT2D eigenvalue weighted by molar-refractivity contribution is -0.392. The average molecular weight is 339 g/mol. The molecule has 21 heavy (non-hydrogen) atoms. The van der Waals surface area contributed by atoms with Crippen LogP contribution in [0.2, 0.25) is 0 Å². The van der Waals surface area contributed by atoms with Gasteiger partial charge in [0.25, 0.3) is 5.24 Å². The molecule has 116 valence electrons. The molecule has 0 atom stereocenters. The molecule has 0 N–H and O–H groups in total. The summed E-state index contributed by atoms with van der Waals surface area (Å²) in [6.07, 6.45) is -11.0. The summed E-state index contributed by atoms with van der Waals surface area (Å²) in [6, 6.07) is 0. The highest BCUT2D eigenvalue weighted by Crippen LogP contribution is 2.43. The quantitative estimate of drug-likeness (QED) is 0.365. The van der Waals surface area contributed by atoms with E-state index in [2.05, 4.69) is 9.72 Å². The Labute approximate surface area is 115 Å². The number of halogens is 7. The number of aromatic nitrogens is 1. The zero-order valence-corrected chi connectivity index (χ0v) is 10.0. The van der Waals surface area contributed by atoms with Gasteiger partial charge < -0.3 is 4.74 Å². The van der Waals surface area contributed by atoms with Gasteiger partial charge in [0, 0.05) is 6.20 Å². The number of carbonyl (C=O) groups excluding carboxylic acids is 1. The van der Waals surface area contributed by atoms with Gasteiger partial charge in [0.05, 0.1) is 10.5 Å². The largest absolute Gasteiger partial charge is 0.574 e. The highest BCUT2D eigenvalue weighted by Gasteiger charge is 2.47. The summed E-state index contributed by atoms with van der Waals surface area (Å²) in [5, 5.41) is 8.83. The van der Waals surface area contributed by atoms with Gasteiger partial charge in [-0.2, -0.15) is 13.2 Å². The highest BCUT2D eigenvalue weighted by molar-refractivity contribution is 6.68. The third-order valence-electron chi connectivity index (χ3n) is 1.91. The number of hydrogen-bond donors (Lipinski definition) is 0. The van der Waals surface area contributed by atoms with Gasteiger partial charge in [0.15, 0.2) is 5.56 Å². The predicted octanol–water partition coefficient (Wildman–Crippen LogP) is 3.29. The fourth-order valence-corrected chi connectivity index (χ4v) is 1.42. The first-order valence-corrected chi connectivity index (χ1v) is 4.92. The van der Waals surface area contributed by atoms with Crippen LogP contribution < -0.4 is 4.74 Å². The second-order valence-corrected chi connectivity index (χ2v) is 3.62. The Morgan fingerprint density at radius 1 is 1.29 bits per heavy atom. The number of ether oxygens (including phenoxy) is 1. The third-order valence-corrected chi connectivity index (χ3v) is 2.11. The van der Waals surface area contributed by atoms with E-state index in [9.17, 15) is 41.3 Å². The van der Waals surface area contributed by atoms with Crippen molar-refractivity contribution in [2.75, 3.05) is 0 Å². The Kier molecular flexibility index (Phi) is 4.32. The van der Waals surface area contributed by atoms with Crippen molar-refractivity contribution in [1.29, 1.82) is 0 Å². The molecule has 0 aromatic carbocycles. The Hall–Kier alpha value is -2.11. The van der Waals surface area contributed by atoms with Crippen LogP contribution in [0.4, 0.5) is 32.0 Å². The Balaban J connectivity index is 3.73. The number of rotatable bonds is 3. The first kappa shape index (κ1) is 16.9. The van der Waals surface area contributed by atoms with Crippen molar-refractivity contribution in [3.05, 3.63) is 27.4 Å². The molecule has 0 spiro atoms. The lowest BCUT2D eigenvalue weighted by Crippen LogP contribution is -2.22. The molecule has 0 saturated heterocycles. The fourth-order valence-electron chi connectivity index (χ4n) is 1.27. The molecule has 0 amide bonds. The van der Waals surface area contributed by atoms with E-state index in [0.29, 0.717) is 0 Å². The maximum Gasteiger partial charge on any atom is 0.574 e. The van der Waals surface area contributed by atoms with E-state index in [-0.39, 0.29) is 6.20 Å². The second-order valence-electron chi connectivity index (χ2n) is 3.28. The SMILES string of the molecule is O=C(Cl)c1cnc(OC(F)(F)F)c([N+](=O)[O-])c1C(F)(F)F. The van der Waals surface area contributed by atoms with Gasteiger partial charge in [-0.1, -0.05) is 0 Å². The predicted molar refractivity (Wildman–Crippen MR) is 52.8 cm³/mol. The van der Waals surface area contributed by atoms with E-state index in [4.69, 9.17) is 11.6 Å². The molecular formula is C8HClF6N2O4. The molecule has 0 aliphatic heterocycles. The molecule has 0 aliphatic carbocycles.